The van der Waals surface area contributed by atoms with E-state index in [0.29, 0.717) is 12.2 Å². The van der Waals surface area contributed by atoms with Gasteiger partial charge in [-0.1, -0.05) is 115 Å². The summed E-state index contributed by atoms with van der Waals surface area (Å²) in [5.74, 6) is -0.215. The highest BCUT2D eigenvalue weighted by molar-refractivity contribution is 5.89. The first-order chi connectivity index (χ1) is 15.5. The number of nitrogens with zero attached hydrogens (tertiary/aromatic N) is 1. The molecule has 1 aromatic carbocycles. The molecule has 3 heteroatoms. The van der Waals surface area contributed by atoms with Crippen LogP contribution >= 0.6 is 0 Å². The summed E-state index contributed by atoms with van der Waals surface area (Å²) in [5.41, 5.74) is 0.635. The Balaban J connectivity index is 1.87. The Hall–Kier alpha value is -1.35. The molecule has 1 aromatic rings. The van der Waals surface area contributed by atoms with Crippen LogP contribution in [0.5, 0.6) is 0 Å². The van der Waals surface area contributed by atoms with E-state index in [2.05, 4.69) is 21.0 Å². The minimum Gasteiger partial charge on any atom is -0.456 e. The van der Waals surface area contributed by atoms with Gasteiger partial charge in [-0.3, -0.25) is 0 Å². The molecule has 0 unspecified atom stereocenters. The number of carbonyl (C=O) groups excluding carboxylic acids is 1. The summed E-state index contributed by atoms with van der Waals surface area (Å²) in [6.07, 6.45) is 22.5. The molecule has 0 aliphatic carbocycles. The third kappa shape index (κ3) is 16.3. The third-order valence-corrected chi connectivity index (χ3v) is 6.56. The van der Waals surface area contributed by atoms with Gasteiger partial charge >= 0.3 is 5.97 Å². The lowest BCUT2D eigenvalue weighted by molar-refractivity contribution is -0.890. The molecule has 0 radical (unpaired) electrons. The fourth-order valence-corrected chi connectivity index (χ4v) is 4.24. The summed E-state index contributed by atoms with van der Waals surface area (Å²) >= 11 is 0. The summed E-state index contributed by atoms with van der Waals surface area (Å²) in [7, 11) is 4.48. The van der Waals surface area contributed by atoms with Crippen LogP contribution in [-0.4, -0.2) is 44.2 Å². The van der Waals surface area contributed by atoms with Gasteiger partial charge in [0, 0.05) is 0 Å². The zero-order chi connectivity index (χ0) is 23.3. The first-order valence-electron chi connectivity index (χ1n) is 13.6. The standard InChI is InChI=1S/C29H52NO2/c1-4-5-6-7-8-9-10-11-12-13-14-15-16-17-18-22-25-30(2,3)26-27-32-29(31)28-23-20-19-21-24-28/h19-21,23-24H,4-18,22,25-27H2,1-3H3/q+1. The molecule has 0 aliphatic heterocycles. The molecular formula is C29H52NO2+. The van der Waals surface area contributed by atoms with Crippen LogP contribution in [-0.2, 0) is 4.74 Å². The Morgan fingerprint density at radius 2 is 1.09 bits per heavy atom. The number of hydrogen-bond acceptors (Lipinski definition) is 2. The number of hydrogen-bond donors (Lipinski definition) is 0. The summed E-state index contributed by atoms with van der Waals surface area (Å²) in [6, 6.07) is 9.26. The van der Waals surface area contributed by atoms with Crippen molar-refractivity contribution in [2.45, 2.75) is 110 Å². The molecule has 0 aromatic heterocycles. The third-order valence-electron chi connectivity index (χ3n) is 6.56. The van der Waals surface area contributed by atoms with Crippen molar-refractivity contribution < 1.29 is 14.0 Å². The summed E-state index contributed by atoms with van der Waals surface area (Å²) in [6.45, 7) is 4.80. The number of carbonyl (C=O) groups is 1. The molecule has 32 heavy (non-hydrogen) atoms. The van der Waals surface area contributed by atoms with Gasteiger partial charge in [-0.25, -0.2) is 4.79 Å². The maximum Gasteiger partial charge on any atom is 0.338 e. The van der Waals surface area contributed by atoms with Crippen LogP contribution in [0, 0.1) is 0 Å². The number of benzene rings is 1. The van der Waals surface area contributed by atoms with Gasteiger partial charge in [-0.05, 0) is 25.0 Å². The Kier molecular flexibility index (Phi) is 17.2. The Morgan fingerprint density at radius 1 is 0.656 bits per heavy atom. The quantitative estimate of drug-likeness (QED) is 0.108. The number of likely N-dealkylation sites (N-methyl/N-ethyl adjacent to an activating group) is 1. The first-order valence-corrected chi connectivity index (χ1v) is 13.6. The normalized spacial score (nSPS) is 11.6. The van der Waals surface area contributed by atoms with Crippen LogP contribution in [0.15, 0.2) is 30.3 Å². The van der Waals surface area contributed by atoms with Gasteiger partial charge in [-0.2, -0.15) is 0 Å². The zero-order valence-electron chi connectivity index (χ0n) is 21.6. The van der Waals surface area contributed by atoms with Gasteiger partial charge in [0.2, 0.25) is 0 Å². The second-order valence-electron chi connectivity index (χ2n) is 10.2. The van der Waals surface area contributed by atoms with Crippen molar-refractivity contribution in [2.24, 2.45) is 0 Å². The van der Waals surface area contributed by atoms with Crippen LogP contribution in [0.1, 0.15) is 120 Å². The smallest absolute Gasteiger partial charge is 0.338 e. The number of esters is 1. The fraction of sp³-hybridized carbons (Fsp3) is 0.759. The number of quaternary nitrogens is 1. The predicted molar refractivity (Wildman–Crippen MR) is 138 cm³/mol. The van der Waals surface area contributed by atoms with Crippen molar-refractivity contribution in [3.05, 3.63) is 35.9 Å². The van der Waals surface area contributed by atoms with Crippen molar-refractivity contribution in [2.75, 3.05) is 33.8 Å². The van der Waals surface area contributed by atoms with Crippen LogP contribution in [0.25, 0.3) is 0 Å². The molecule has 1 rings (SSSR count). The van der Waals surface area contributed by atoms with E-state index < -0.39 is 0 Å². The van der Waals surface area contributed by atoms with E-state index in [1.807, 2.05) is 18.2 Å². The maximum absolute atomic E-state index is 12.0. The van der Waals surface area contributed by atoms with Crippen molar-refractivity contribution in [1.29, 1.82) is 0 Å². The van der Waals surface area contributed by atoms with Gasteiger partial charge in [-0.15, -0.1) is 0 Å². The molecule has 0 aliphatic rings. The van der Waals surface area contributed by atoms with Gasteiger partial charge in [0.05, 0.1) is 26.2 Å². The van der Waals surface area contributed by atoms with Crippen molar-refractivity contribution in [3.63, 3.8) is 0 Å². The van der Waals surface area contributed by atoms with E-state index in [9.17, 15) is 4.79 Å². The number of unbranched alkanes of at least 4 members (excludes halogenated alkanes) is 15. The molecule has 0 amide bonds. The van der Waals surface area contributed by atoms with Crippen LogP contribution in [0.3, 0.4) is 0 Å². The highest BCUT2D eigenvalue weighted by atomic mass is 16.5. The summed E-state index contributed by atoms with van der Waals surface area (Å²) in [5, 5.41) is 0. The average molecular weight is 447 g/mol. The van der Waals surface area contributed by atoms with Crippen molar-refractivity contribution in [3.8, 4) is 0 Å². The van der Waals surface area contributed by atoms with E-state index in [-0.39, 0.29) is 5.97 Å². The minimum absolute atomic E-state index is 0.215. The van der Waals surface area contributed by atoms with Gasteiger partial charge in [0.1, 0.15) is 13.2 Å². The second-order valence-corrected chi connectivity index (χ2v) is 10.2. The molecule has 0 fully saturated rings. The number of ether oxygens (including phenoxy) is 1. The second kappa shape index (κ2) is 19.1. The Bertz CT molecular complexity index is 556. The SMILES string of the molecule is CCCCCCCCCCCCCCCCCC[N+](C)(C)CCOC(=O)c1ccccc1. The topological polar surface area (TPSA) is 26.3 Å². The lowest BCUT2D eigenvalue weighted by Gasteiger charge is -2.29. The molecule has 0 heterocycles. The average Bonchev–Trinajstić information content (AvgIpc) is 2.79. The summed E-state index contributed by atoms with van der Waals surface area (Å²) in [4.78, 5) is 12.0. The first kappa shape index (κ1) is 28.7. The Labute approximate surface area is 199 Å². The Morgan fingerprint density at radius 3 is 1.56 bits per heavy atom. The predicted octanol–water partition coefficient (Wildman–Crippen LogP) is 8.18. The monoisotopic (exact) mass is 446 g/mol. The van der Waals surface area contributed by atoms with Crippen molar-refractivity contribution >= 4 is 5.97 Å². The van der Waals surface area contributed by atoms with Gasteiger partial charge in [0.25, 0.3) is 0 Å². The molecule has 0 saturated carbocycles. The molecule has 0 bridgehead atoms. The lowest BCUT2D eigenvalue weighted by atomic mass is 10.0. The van der Waals surface area contributed by atoms with Crippen LogP contribution in [0.2, 0.25) is 0 Å². The highest BCUT2D eigenvalue weighted by Gasteiger charge is 2.16. The maximum atomic E-state index is 12.0. The highest BCUT2D eigenvalue weighted by Crippen LogP contribution is 2.14. The molecule has 184 valence electrons. The van der Waals surface area contributed by atoms with E-state index in [1.54, 1.807) is 12.1 Å². The molecule has 0 N–H and O–H groups in total. The molecule has 0 atom stereocenters. The lowest BCUT2D eigenvalue weighted by Crippen LogP contribution is -2.43. The zero-order valence-corrected chi connectivity index (χ0v) is 21.6. The van der Waals surface area contributed by atoms with Crippen LogP contribution < -0.4 is 0 Å². The van der Waals surface area contributed by atoms with Gasteiger partial charge in [0.15, 0.2) is 0 Å². The fourth-order valence-electron chi connectivity index (χ4n) is 4.24. The molecule has 0 saturated heterocycles. The van der Waals surface area contributed by atoms with E-state index >= 15 is 0 Å². The van der Waals surface area contributed by atoms with Crippen LogP contribution in [0.4, 0.5) is 0 Å². The van der Waals surface area contributed by atoms with E-state index in [1.165, 1.54) is 103 Å². The largest absolute Gasteiger partial charge is 0.456 e. The van der Waals surface area contributed by atoms with Crippen molar-refractivity contribution in [1.82, 2.24) is 0 Å². The van der Waals surface area contributed by atoms with Gasteiger partial charge < -0.3 is 9.22 Å². The molecule has 0 spiro atoms. The van der Waals surface area contributed by atoms with E-state index in [4.69, 9.17) is 4.74 Å². The number of rotatable bonds is 21. The minimum atomic E-state index is -0.215. The summed E-state index contributed by atoms with van der Waals surface area (Å²) < 4.78 is 6.36. The molecular weight excluding hydrogens is 394 g/mol. The van der Waals surface area contributed by atoms with E-state index in [0.717, 1.165) is 17.6 Å². The molecule has 3 nitrogen and oxygen atoms in total.